The number of hydrogen-bond donors (Lipinski definition) is 1. The first-order valence-corrected chi connectivity index (χ1v) is 6.61. The molecule has 0 fully saturated rings. The SMILES string of the molecule is COc1ccc2ccccc2c1CNOCC(C)C. The van der Waals surface area contributed by atoms with E-state index < -0.39 is 0 Å². The summed E-state index contributed by atoms with van der Waals surface area (Å²) in [5.74, 6) is 1.40. The van der Waals surface area contributed by atoms with E-state index >= 15 is 0 Å². The number of hydrogen-bond acceptors (Lipinski definition) is 3. The lowest BCUT2D eigenvalue weighted by Crippen LogP contribution is -2.18. The van der Waals surface area contributed by atoms with Crippen LogP contribution < -0.4 is 10.2 Å². The Hall–Kier alpha value is -1.58. The fraction of sp³-hybridized carbons (Fsp3) is 0.375. The molecule has 2 aromatic rings. The minimum absolute atomic E-state index is 0.516. The first-order chi connectivity index (χ1) is 9.22. The van der Waals surface area contributed by atoms with Gasteiger partial charge in [-0.15, -0.1) is 0 Å². The topological polar surface area (TPSA) is 30.5 Å². The van der Waals surface area contributed by atoms with Crippen molar-refractivity contribution in [2.24, 2.45) is 5.92 Å². The second-order valence-corrected chi connectivity index (χ2v) is 4.99. The molecule has 2 aromatic carbocycles. The highest BCUT2D eigenvalue weighted by Crippen LogP contribution is 2.27. The largest absolute Gasteiger partial charge is 0.496 e. The molecule has 1 N–H and O–H groups in total. The summed E-state index contributed by atoms with van der Waals surface area (Å²) >= 11 is 0. The lowest BCUT2D eigenvalue weighted by molar-refractivity contribution is 0.0195. The van der Waals surface area contributed by atoms with Crippen LogP contribution >= 0.6 is 0 Å². The number of ether oxygens (including phenoxy) is 1. The molecule has 0 heterocycles. The first-order valence-electron chi connectivity index (χ1n) is 6.61. The van der Waals surface area contributed by atoms with Crippen molar-refractivity contribution >= 4 is 10.8 Å². The summed E-state index contributed by atoms with van der Waals surface area (Å²) in [6, 6.07) is 12.4. The molecule has 0 amide bonds. The summed E-state index contributed by atoms with van der Waals surface area (Å²) in [6.45, 7) is 5.59. The maximum absolute atomic E-state index is 5.44. The first kappa shape index (κ1) is 13.8. The van der Waals surface area contributed by atoms with Crippen molar-refractivity contribution in [3.05, 3.63) is 42.0 Å². The van der Waals surface area contributed by atoms with Gasteiger partial charge in [0.25, 0.3) is 0 Å². The van der Waals surface area contributed by atoms with Crippen molar-refractivity contribution in [3.8, 4) is 5.75 Å². The molecule has 0 aromatic heterocycles. The lowest BCUT2D eigenvalue weighted by Gasteiger charge is -2.13. The third-order valence-corrected chi connectivity index (χ3v) is 2.99. The van der Waals surface area contributed by atoms with E-state index in [1.165, 1.54) is 10.8 Å². The van der Waals surface area contributed by atoms with Crippen LogP contribution in [0.5, 0.6) is 5.75 Å². The van der Waals surface area contributed by atoms with Crippen LogP contribution in [0.3, 0.4) is 0 Å². The Morgan fingerprint density at radius 3 is 2.63 bits per heavy atom. The molecule has 0 aliphatic heterocycles. The van der Waals surface area contributed by atoms with E-state index in [1.807, 2.05) is 18.2 Å². The van der Waals surface area contributed by atoms with Gasteiger partial charge in [0.1, 0.15) is 5.75 Å². The van der Waals surface area contributed by atoms with Crippen LogP contribution in [-0.2, 0) is 11.4 Å². The normalized spacial score (nSPS) is 11.2. The average molecular weight is 259 g/mol. The Kier molecular flexibility index (Phi) is 4.77. The van der Waals surface area contributed by atoms with Crippen molar-refractivity contribution in [1.82, 2.24) is 5.48 Å². The van der Waals surface area contributed by atoms with Gasteiger partial charge in [0, 0.05) is 5.56 Å². The van der Waals surface area contributed by atoms with E-state index in [9.17, 15) is 0 Å². The standard InChI is InChI=1S/C16H21NO2/c1-12(2)11-19-17-10-15-14-7-5-4-6-13(14)8-9-16(15)18-3/h4-9,12,17H,10-11H2,1-3H3. The van der Waals surface area contributed by atoms with Gasteiger partial charge in [-0.2, -0.15) is 5.48 Å². The molecule has 102 valence electrons. The molecular weight excluding hydrogens is 238 g/mol. The van der Waals surface area contributed by atoms with E-state index in [2.05, 4.69) is 37.5 Å². The minimum atomic E-state index is 0.516. The fourth-order valence-electron chi connectivity index (χ4n) is 2.04. The quantitative estimate of drug-likeness (QED) is 0.636. The van der Waals surface area contributed by atoms with E-state index in [0.29, 0.717) is 19.1 Å². The van der Waals surface area contributed by atoms with Gasteiger partial charge in [0.05, 0.1) is 20.3 Å². The molecule has 3 nitrogen and oxygen atoms in total. The molecule has 19 heavy (non-hydrogen) atoms. The Morgan fingerprint density at radius 2 is 1.89 bits per heavy atom. The molecule has 0 bridgehead atoms. The molecule has 0 spiro atoms. The number of fused-ring (bicyclic) bond motifs is 1. The van der Waals surface area contributed by atoms with Gasteiger partial charge >= 0.3 is 0 Å². The van der Waals surface area contributed by atoms with Crippen LogP contribution in [-0.4, -0.2) is 13.7 Å². The summed E-state index contributed by atoms with van der Waals surface area (Å²) in [4.78, 5) is 5.44. The van der Waals surface area contributed by atoms with Crippen LogP contribution in [0.25, 0.3) is 10.8 Å². The van der Waals surface area contributed by atoms with Crippen LogP contribution in [0, 0.1) is 5.92 Å². The van der Waals surface area contributed by atoms with E-state index in [-0.39, 0.29) is 0 Å². The molecule has 0 saturated heterocycles. The lowest BCUT2D eigenvalue weighted by atomic mass is 10.0. The van der Waals surface area contributed by atoms with Crippen LogP contribution in [0.1, 0.15) is 19.4 Å². The van der Waals surface area contributed by atoms with E-state index in [0.717, 1.165) is 11.3 Å². The predicted octanol–water partition coefficient (Wildman–Crippen LogP) is 3.53. The van der Waals surface area contributed by atoms with E-state index in [4.69, 9.17) is 9.57 Å². The van der Waals surface area contributed by atoms with Gasteiger partial charge in [-0.1, -0.05) is 44.2 Å². The zero-order valence-corrected chi connectivity index (χ0v) is 11.8. The summed E-state index contributed by atoms with van der Waals surface area (Å²) < 4.78 is 5.44. The van der Waals surface area contributed by atoms with Gasteiger partial charge in [-0.25, -0.2) is 0 Å². The number of rotatable bonds is 6. The Morgan fingerprint density at radius 1 is 1.11 bits per heavy atom. The summed E-state index contributed by atoms with van der Waals surface area (Å²) in [7, 11) is 1.70. The Balaban J connectivity index is 2.19. The monoisotopic (exact) mass is 259 g/mol. The summed E-state index contributed by atoms with van der Waals surface area (Å²) in [6.07, 6.45) is 0. The highest BCUT2D eigenvalue weighted by atomic mass is 16.6. The molecular formula is C16H21NO2. The van der Waals surface area contributed by atoms with Crippen LogP contribution in [0.2, 0.25) is 0 Å². The second kappa shape index (κ2) is 6.55. The van der Waals surface area contributed by atoms with Crippen molar-refractivity contribution in [1.29, 1.82) is 0 Å². The molecule has 0 atom stereocenters. The van der Waals surface area contributed by atoms with Crippen LogP contribution in [0.4, 0.5) is 0 Å². The smallest absolute Gasteiger partial charge is 0.124 e. The molecule has 0 saturated carbocycles. The zero-order valence-electron chi connectivity index (χ0n) is 11.8. The van der Waals surface area contributed by atoms with Gasteiger partial charge < -0.3 is 9.57 Å². The number of benzene rings is 2. The number of methoxy groups -OCH3 is 1. The molecule has 2 rings (SSSR count). The zero-order chi connectivity index (χ0) is 13.7. The molecule has 0 aliphatic carbocycles. The van der Waals surface area contributed by atoms with Gasteiger partial charge in [0.2, 0.25) is 0 Å². The predicted molar refractivity (Wildman–Crippen MR) is 78.1 cm³/mol. The Bertz CT molecular complexity index is 537. The van der Waals surface area contributed by atoms with Gasteiger partial charge in [-0.05, 0) is 22.8 Å². The van der Waals surface area contributed by atoms with Crippen molar-refractivity contribution in [2.45, 2.75) is 20.4 Å². The van der Waals surface area contributed by atoms with Crippen molar-refractivity contribution < 1.29 is 9.57 Å². The third kappa shape index (κ3) is 3.46. The molecule has 0 aliphatic rings. The fourth-order valence-corrected chi connectivity index (χ4v) is 2.04. The van der Waals surface area contributed by atoms with Gasteiger partial charge in [-0.3, -0.25) is 0 Å². The summed E-state index contributed by atoms with van der Waals surface area (Å²) in [5, 5.41) is 2.41. The molecule has 3 heteroatoms. The maximum Gasteiger partial charge on any atom is 0.124 e. The molecule has 0 unspecified atom stereocenters. The van der Waals surface area contributed by atoms with Crippen molar-refractivity contribution in [3.63, 3.8) is 0 Å². The third-order valence-electron chi connectivity index (χ3n) is 2.99. The number of hydroxylamine groups is 1. The molecule has 0 radical (unpaired) electrons. The minimum Gasteiger partial charge on any atom is -0.496 e. The Labute approximate surface area is 114 Å². The number of nitrogens with one attached hydrogen (secondary N) is 1. The van der Waals surface area contributed by atoms with E-state index in [1.54, 1.807) is 7.11 Å². The van der Waals surface area contributed by atoms with Crippen molar-refractivity contribution in [2.75, 3.05) is 13.7 Å². The highest BCUT2D eigenvalue weighted by Gasteiger charge is 2.07. The second-order valence-electron chi connectivity index (χ2n) is 4.99. The average Bonchev–Trinajstić information content (AvgIpc) is 2.43. The highest BCUT2D eigenvalue weighted by molar-refractivity contribution is 5.87. The summed E-state index contributed by atoms with van der Waals surface area (Å²) in [5.41, 5.74) is 4.15. The van der Waals surface area contributed by atoms with Crippen LogP contribution in [0.15, 0.2) is 36.4 Å². The maximum atomic E-state index is 5.44. The van der Waals surface area contributed by atoms with Gasteiger partial charge in [0.15, 0.2) is 0 Å².